The molecular weight excluding hydrogens is 220 g/mol. The lowest BCUT2D eigenvalue weighted by Gasteiger charge is -2.12. The SMILES string of the molecule is CC1CN=C(c2ccccc2)c2ccccc2N1. The number of benzene rings is 2. The highest BCUT2D eigenvalue weighted by Gasteiger charge is 2.16. The van der Waals surface area contributed by atoms with Gasteiger partial charge in [-0.25, -0.2) is 0 Å². The molecule has 1 atom stereocenters. The summed E-state index contributed by atoms with van der Waals surface area (Å²) in [5, 5.41) is 3.51. The van der Waals surface area contributed by atoms with Gasteiger partial charge in [0.25, 0.3) is 0 Å². The smallest absolute Gasteiger partial charge is 0.0740 e. The zero-order valence-corrected chi connectivity index (χ0v) is 10.4. The van der Waals surface area contributed by atoms with Crippen LogP contribution in [-0.4, -0.2) is 18.3 Å². The molecule has 2 aromatic rings. The first-order valence-corrected chi connectivity index (χ1v) is 6.30. The van der Waals surface area contributed by atoms with Crippen LogP contribution in [0.4, 0.5) is 5.69 Å². The molecule has 3 rings (SSSR count). The van der Waals surface area contributed by atoms with Gasteiger partial charge in [-0.1, -0.05) is 48.5 Å². The van der Waals surface area contributed by atoms with Gasteiger partial charge in [-0.2, -0.15) is 0 Å². The molecular formula is C16H16N2. The predicted molar refractivity (Wildman–Crippen MR) is 76.5 cm³/mol. The number of nitrogens with zero attached hydrogens (tertiary/aromatic N) is 1. The van der Waals surface area contributed by atoms with Crippen LogP contribution < -0.4 is 5.32 Å². The minimum atomic E-state index is 0.368. The molecule has 0 amide bonds. The van der Waals surface area contributed by atoms with Crippen molar-refractivity contribution in [3.05, 3.63) is 65.7 Å². The molecule has 1 heterocycles. The van der Waals surface area contributed by atoms with Gasteiger partial charge in [-0.05, 0) is 13.0 Å². The van der Waals surface area contributed by atoms with E-state index in [0.717, 1.165) is 12.3 Å². The number of hydrogen-bond acceptors (Lipinski definition) is 2. The minimum absolute atomic E-state index is 0.368. The second-order valence-corrected chi connectivity index (χ2v) is 4.65. The van der Waals surface area contributed by atoms with Crippen LogP contribution in [0.25, 0.3) is 0 Å². The molecule has 0 fully saturated rings. The van der Waals surface area contributed by atoms with Crippen LogP contribution in [0.15, 0.2) is 59.6 Å². The number of para-hydroxylation sites is 1. The van der Waals surface area contributed by atoms with Crippen LogP contribution in [0.2, 0.25) is 0 Å². The molecule has 1 N–H and O–H groups in total. The molecule has 2 aromatic carbocycles. The molecule has 0 bridgehead atoms. The van der Waals surface area contributed by atoms with Gasteiger partial charge in [-0.3, -0.25) is 4.99 Å². The standard InChI is InChI=1S/C16H16N2/c1-12-11-17-16(13-7-3-2-4-8-13)14-9-5-6-10-15(14)18-12/h2-10,12,18H,11H2,1H3. The van der Waals surface area contributed by atoms with E-state index in [4.69, 9.17) is 4.99 Å². The number of rotatable bonds is 1. The molecule has 18 heavy (non-hydrogen) atoms. The Hall–Kier alpha value is -2.09. The van der Waals surface area contributed by atoms with Crippen LogP contribution in [-0.2, 0) is 0 Å². The van der Waals surface area contributed by atoms with E-state index in [1.807, 2.05) is 6.07 Å². The van der Waals surface area contributed by atoms with E-state index < -0.39 is 0 Å². The summed E-state index contributed by atoms with van der Waals surface area (Å²) in [6, 6.07) is 19.1. The number of fused-ring (bicyclic) bond motifs is 1. The van der Waals surface area contributed by atoms with Crippen molar-refractivity contribution in [3.63, 3.8) is 0 Å². The van der Waals surface area contributed by atoms with Crippen molar-refractivity contribution in [2.45, 2.75) is 13.0 Å². The van der Waals surface area contributed by atoms with Crippen molar-refractivity contribution in [1.29, 1.82) is 0 Å². The molecule has 1 unspecified atom stereocenters. The van der Waals surface area contributed by atoms with E-state index in [0.29, 0.717) is 6.04 Å². The average molecular weight is 236 g/mol. The number of hydrogen-bond donors (Lipinski definition) is 1. The van der Waals surface area contributed by atoms with E-state index in [-0.39, 0.29) is 0 Å². The molecule has 2 heteroatoms. The summed E-state index contributed by atoms with van der Waals surface area (Å²) in [7, 11) is 0. The Kier molecular flexibility index (Phi) is 2.85. The maximum absolute atomic E-state index is 4.77. The Morgan fingerprint density at radius 1 is 1.00 bits per heavy atom. The number of nitrogens with one attached hydrogen (secondary N) is 1. The third-order valence-electron chi connectivity index (χ3n) is 3.15. The minimum Gasteiger partial charge on any atom is -0.380 e. The van der Waals surface area contributed by atoms with Gasteiger partial charge in [-0.15, -0.1) is 0 Å². The van der Waals surface area contributed by atoms with Crippen LogP contribution in [0, 0.1) is 0 Å². The summed E-state index contributed by atoms with van der Waals surface area (Å²) in [6.45, 7) is 2.97. The summed E-state index contributed by atoms with van der Waals surface area (Å²) in [6.07, 6.45) is 0. The monoisotopic (exact) mass is 236 g/mol. The normalized spacial score (nSPS) is 18.3. The van der Waals surface area contributed by atoms with Crippen molar-refractivity contribution >= 4 is 11.4 Å². The second-order valence-electron chi connectivity index (χ2n) is 4.65. The van der Waals surface area contributed by atoms with Gasteiger partial charge in [0.2, 0.25) is 0 Å². The van der Waals surface area contributed by atoms with E-state index in [1.165, 1.54) is 16.8 Å². The summed E-state index contributed by atoms with van der Waals surface area (Å²) in [4.78, 5) is 4.77. The molecule has 0 aliphatic carbocycles. The Balaban J connectivity index is 2.14. The van der Waals surface area contributed by atoms with Gasteiger partial charge in [0.15, 0.2) is 0 Å². The molecule has 2 nitrogen and oxygen atoms in total. The first-order chi connectivity index (χ1) is 8.84. The summed E-state index contributed by atoms with van der Waals surface area (Å²) in [5.41, 5.74) is 4.63. The number of benzodiazepines with no additional fused rings is 1. The highest BCUT2D eigenvalue weighted by Crippen LogP contribution is 2.23. The highest BCUT2D eigenvalue weighted by atomic mass is 15.0. The fourth-order valence-electron chi connectivity index (χ4n) is 2.28. The van der Waals surface area contributed by atoms with Gasteiger partial charge in [0.05, 0.1) is 12.3 Å². The molecule has 1 aliphatic heterocycles. The zero-order chi connectivity index (χ0) is 12.4. The highest BCUT2D eigenvalue weighted by molar-refractivity contribution is 6.16. The van der Waals surface area contributed by atoms with Crippen molar-refractivity contribution in [2.75, 3.05) is 11.9 Å². The second kappa shape index (κ2) is 4.65. The van der Waals surface area contributed by atoms with Crippen molar-refractivity contribution < 1.29 is 0 Å². The quantitative estimate of drug-likeness (QED) is 0.807. The fourth-order valence-corrected chi connectivity index (χ4v) is 2.28. The van der Waals surface area contributed by atoms with Crippen molar-refractivity contribution in [2.24, 2.45) is 4.99 Å². The maximum atomic E-state index is 4.77. The molecule has 0 saturated carbocycles. The lowest BCUT2D eigenvalue weighted by atomic mass is 10.0. The average Bonchev–Trinajstić information content (AvgIpc) is 2.58. The van der Waals surface area contributed by atoms with Gasteiger partial charge >= 0.3 is 0 Å². The summed E-state index contributed by atoms with van der Waals surface area (Å²) < 4.78 is 0. The van der Waals surface area contributed by atoms with Crippen LogP contribution >= 0.6 is 0 Å². The molecule has 0 saturated heterocycles. The van der Waals surface area contributed by atoms with E-state index in [1.54, 1.807) is 0 Å². The third kappa shape index (κ3) is 2.02. The van der Waals surface area contributed by atoms with E-state index in [2.05, 4.69) is 60.8 Å². The molecule has 1 aliphatic rings. The lowest BCUT2D eigenvalue weighted by Crippen LogP contribution is -2.17. The van der Waals surface area contributed by atoms with E-state index in [9.17, 15) is 0 Å². The largest absolute Gasteiger partial charge is 0.380 e. The van der Waals surface area contributed by atoms with E-state index >= 15 is 0 Å². The first kappa shape index (κ1) is 11.0. The molecule has 0 aromatic heterocycles. The van der Waals surface area contributed by atoms with Crippen LogP contribution in [0.5, 0.6) is 0 Å². The van der Waals surface area contributed by atoms with Crippen LogP contribution in [0.3, 0.4) is 0 Å². The zero-order valence-electron chi connectivity index (χ0n) is 10.4. The third-order valence-corrected chi connectivity index (χ3v) is 3.15. The Morgan fingerprint density at radius 2 is 1.72 bits per heavy atom. The molecule has 90 valence electrons. The summed E-state index contributed by atoms with van der Waals surface area (Å²) >= 11 is 0. The lowest BCUT2D eigenvalue weighted by molar-refractivity contribution is 0.811. The number of anilines is 1. The van der Waals surface area contributed by atoms with Gasteiger partial charge in [0.1, 0.15) is 0 Å². The molecule has 0 radical (unpaired) electrons. The maximum Gasteiger partial charge on any atom is 0.0740 e. The topological polar surface area (TPSA) is 24.4 Å². The number of aliphatic imine (C=N–C) groups is 1. The van der Waals surface area contributed by atoms with Gasteiger partial charge < -0.3 is 5.32 Å². The van der Waals surface area contributed by atoms with Crippen LogP contribution in [0.1, 0.15) is 18.1 Å². The summed E-state index contributed by atoms with van der Waals surface area (Å²) in [5.74, 6) is 0. The van der Waals surface area contributed by atoms with Crippen molar-refractivity contribution in [1.82, 2.24) is 0 Å². The van der Waals surface area contributed by atoms with Crippen molar-refractivity contribution in [3.8, 4) is 0 Å². The fraction of sp³-hybridized carbons (Fsp3) is 0.188. The Bertz CT molecular complexity index is 573. The first-order valence-electron chi connectivity index (χ1n) is 6.30. The Morgan fingerprint density at radius 3 is 2.56 bits per heavy atom. The predicted octanol–water partition coefficient (Wildman–Crippen LogP) is 3.34. The Labute approximate surface area is 107 Å². The molecule has 0 spiro atoms. The van der Waals surface area contributed by atoms with Gasteiger partial charge in [0, 0.05) is 22.9 Å².